The van der Waals surface area contributed by atoms with Gasteiger partial charge in [-0.1, -0.05) is 0 Å². The number of carboxylic acid groups (broad SMARTS) is 1. The summed E-state index contributed by atoms with van der Waals surface area (Å²) in [6.07, 6.45) is 3.55. The monoisotopic (exact) mass is 339 g/mol. The van der Waals surface area contributed by atoms with Gasteiger partial charge in [0.25, 0.3) is 0 Å². The van der Waals surface area contributed by atoms with Gasteiger partial charge in [-0.25, -0.2) is 4.98 Å². The van der Waals surface area contributed by atoms with Crippen molar-refractivity contribution < 1.29 is 14.7 Å². The highest BCUT2D eigenvalue weighted by atomic mass is 79.9. The van der Waals surface area contributed by atoms with Crippen molar-refractivity contribution in [3.8, 4) is 0 Å². The molecule has 7 heteroatoms. The summed E-state index contributed by atoms with van der Waals surface area (Å²) < 4.78 is 2.84. The van der Waals surface area contributed by atoms with E-state index >= 15 is 0 Å². The number of carbonyl (C=O) groups is 2. The molecule has 0 aromatic carbocycles. The van der Waals surface area contributed by atoms with Gasteiger partial charge in [0.1, 0.15) is 5.65 Å². The molecule has 2 aromatic rings. The summed E-state index contributed by atoms with van der Waals surface area (Å²) in [6, 6.07) is 1.97. The van der Waals surface area contributed by atoms with Gasteiger partial charge in [0.05, 0.1) is 18.7 Å². The minimum absolute atomic E-state index is 0.0206. The van der Waals surface area contributed by atoms with E-state index in [9.17, 15) is 9.59 Å². The average molecular weight is 340 g/mol. The predicted molar refractivity (Wildman–Crippen MR) is 76.3 cm³/mol. The van der Waals surface area contributed by atoms with Gasteiger partial charge in [-0.05, 0) is 34.5 Å². The number of aryl methyl sites for hydroxylation is 1. The van der Waals surface area contributed by atoms with Crippen molar-refractivity contribution in [2.75, 3.05) is 0 Å². The molecule has 0 aliphatic carbocycles. The van der Waals surface area contributed by atoms with Gasteiger partial charge >= 0.3 is 5.97 Å². The molecular weight excluding hydrogens is 326 g/mol. The van der Waals surface area contributed by atoms with Crippen LogP contribution in [0.15, 0.2) is 22.9 Å². The highest BCUT2D eigenvalue weighted by Gasteiger charge is 2.08. The zero-order valence-corrected chi connectivity index (χ0v) is 12.5. The third-order valence-electron chi connectivity index (χ3n) is 2.78. The van der Waals surface area contributed by atoms with Gasteiger partial charge in [0.15, 0.2) is 0 Å². The smallest absolute Gasteiger partial charge is 0.303 e. The fraction of sp³-hybridized carbons (Fsp3) is 0.308. The molecule has 2 rings (SSSR count). The van der Waals surface area contributed by atoms with E-state index < -0.39 is 5.97 Å². The molecular formula is C13H14BrN3O3. The summed E-state index contributed by atoms with van der Waals surface area (Å²) in [5.74, 6) is -1.27. The Bertz CT molecular complexity index is 666. The van der Waals surface area contributed by atoms with Gasteiger partial charge in [0, 0.05) is 23.3 Å². The first kappa shape index (κ1) is 14.5. The van der Waals surface area contributed by atoms with Crippen LogP contribution in [-0.4, -0.2) is 26.4 Å². The SMILES string of the molecule is Cc1cc(Br)cn2cc(CNC(=O)CCC(=O)O)nc12. The lowest BCUT2D eigenvalue weighted by molar-refractivity contribution is -0.138. The number of hydrogen-bond acceptors (Lipinski definition) is 3. The van der Waals surface area contributed by atoms with Gasteiger partial charge < -0.3 is 14.8 Å². The van der Waals surface area contributed by atoms with E-state index in [1.165, 1.54) is 0 Å². The van der Waals surface area contributed by atoms with E-state index in [2.05, 4.69) is 26.2 Å². The Morgan fingerprint density at radius 2 is 2.15 bits per heavy atom. The van der Waals surface area contributed by atoms with E-state index in [4.69, 9.17) is 5.11 Å². The Kier molecular flexibility index (Phi) is 4.39. The van der Waals surface area contributed by atoms with Crippen molar-refractivity contribution in [3.05, 3.63) is 34.2 Å². The van der Waals surface area contributed by atoms with Crippen molar-refractivity contribution in [1.29, 1.82) is 0 Å². The van der Waals surface area contributed by atoms with Crippen molar-refractivity contribution in [3.63, 3.8) is 0 Å². The molecule has 106 valence electrons. The lowest BCUT2D eigenvalue weighted by Gasteiger charge is -2.00. The number of fused-ring (bicyclic) bond motifs is 1. The Morgan fingerprint density at radius 1 is 1.40 bits per heavy atom. The molecule has 0 unspecified atom stereocenters. The maximum absolute atomic E-state index is 11.4. The molecule has 0 saturated carbocycles. The molecule has 0 aliphatic rings. The Hall–Kier alpha value is -1.89. The van der Waals surface area contributed by atoms with Crippen LogP contribution in [-0.2, 0) is 16.1 Å². The Morgan fingerprint density at radius 3 is 2.85 bits per heavy atom. The van der Waals surface area contributed by atoms with Crippen LogP contribution in [0.2, 0.25) is 0 Å². The van der Waals surface area contributed by atoms with Gasteiger partial charge in [-0.15, -0.1) is 0 Å². The lowest BCUT2D eigenvalue weighted by Crippen LogP contribution is -2.23. The molecule has 2 heterocycles. The van der Waals surface area contributed by atoms with E-state index in [0.29, 0.717) is 0 Å². The van der Waals surface area contributed by atoms with Gasteiger partial charge in [-0.3, -0.25) is 9.59 Å². The number of carbonyl (C=O) groups excluding carboxylic acids is 1. The van der Waals surface area contributed by atoms with Crippen LogP contribution in [0, 0.1) is 6.92 Å². The van der Waals surface area contributed by atoms with Gasteiger partial charge in [-0.2, -0.15) is 0 Å². The van der Waals surface area contributed by atoms with Crippen molar-refractivity contribution in [2.24, 2.45) is 0 Å². The maximum Gasteiger partial charge on any atom is 0.303 e. The number of amides is 1. The fourth-order valence-corrected chi connectivity index (χ4v) is 2.42. The summed E-state index contributed by atoms with van der Waals surface area (Å²) in [6.45, 7) is 2.25. The largest absolute Gasteiger partial charge is 0.481 e. The fourth-order valence-electron chi connectivity index (χ4n) is 1.86. The predicted octanol–water partition coefficient (Wildman–Crippen LogP) is 1.89. The van der Waals surface area contributed by atoms with Crippen LogP contribution in [0.1, 0.15) is 24.1 Å². The molecule has 0 spiro atoms. The molecule has 6 nitrogen and oxygen atoms in total. The quantitative estimate of drug-likeness (QED) is 0.871. The first-order chi connectivity index (χ1) is 9.45. The Labute approximate surface area is 123 Å². The number of rotatable bonds is 5. The van der Waals surface area contributed by atoms with Crippen molar-refractivity contribution in [2.45, 2.75) is 26.3 Å². The number of aromatic nitrogens is 2. The molecule has 1 amide bonds. The first-order valence-electron chi connectivity index (χ1n) is 6.08. The van der Waals surface area contributed by atoms with E-state index in [1.807, 2.05) is 29.8 Å². The second kappa shape index (κ2) is 6.04. The van der Waals surface area contributed by atoms with E-state index in [0.717, 1.165) is 21.4 Å². The average Bonchev–Trinajstić information content (AvgIpc) is 2.77. The lowest BCUT2D eigenvalue weighted by atomic mass is 10.3. The summed E-state index contributed by atoms with van der Waals surface area (Å²) in [5, 5.41) is 11.2. The molecule has 0 fully saturated rings. The zero-order chi connectivity index (χ0) is 14.7. The molecule has 0 atom stereocenters. The summed E-state index contributed by atoms with van der Waals surface area (Å²) in [5.41, 5.74) is 2.60. The number of aliphatic carboxylic acids is 1. The minimum Gasteiger partial charge on any atom is -0.481 e. The van der Waals surface area contributed by atoms with Crippen LogP contribution in [0.3, 0.4) is 0 Å². The van der Waals surface area contributed by atoms with E-state index in [-0.39, 0.29) is 25.3 Å². The minimum atomic E-state index is -0.978. The van der Waals surface area contributed by atoms with E-state index in [1.54, 1.807) is 0 Å². The topological polar surface area (TPSA) is 83.7 Å². The molecule has 2 N–H and O–H groups in total. The first-order valence-corrected chi connectivity index (χ1v) is 6.87. The zero-order valence-electron chi connectivity index (χ0n) is 10.9. The van der Waals surface area contributed by atoms with Crippen molar-refractivity contribution in [1.82, 2.24) is 14.7 Å². The maximum atomic E-state index is 11.4. The molecule has 2 aromatic heterocycles. The third-order valence-corrected chi connectivity index (χ3v) is 3.22. The third kappa shape index (κ3) is 3.57. The number of halogens is 1. The van der Waals surface area contributed by atoms with Crippen LogP contribution >= 0.6 is 15.9 Å². The number of nitrogens with zero attached hydrogens (tertiary/aromatic N) is 2. The molecule has 0 radical (unpaired) electrons. The van der Waals surface area contributed by atoms with Gasteiger partial charge in [0.2, 0.25) is 5.91 Å². The van der Waals surface area contributed by atoms with Crippen LogP contribution in [0.4, 0.5) is 0 Å². The Balaban J connectivity index is 2.02. The standard InChI is InChI=1S/C13H14BrN3O3/c1-8-4-9(14)6-17-7-10(16-13(8)17)5-15-11(18)2-3-12(19)20/h4,6-7H,2-3,5H2,1H3,(H,15,18)(H,19,20). The second-order valence-corrected chi connectivity index (χ2v) is 5.39. The normalized spacial score (nSPS) is 10.7. The summed E-state index contributed by atoms with van der Waals surface area (Å²) in [4.78, 5) is 26.2. The molecule has 0 saturated heterocycles. The number of carboxylic acids is 1. The molecule has 0 aliphatic heterocycles. The number of hydrogen-bond donors (Lipinski definition) is 2. The summed E-state index contributed by atoms with van der Waals surface area (Å²) in [7, 11) is 0. The second-order valence-electron chi connectivity index (χ2n) is 4.47. The number of nitrogens with one attached hydrogen (secondary N) is 1. The molecule has 20 heavy (non-hydrogen) atoms. The summed E-state index contributed by atoms with van der Waals surface area (Å²) >= 11 is 3.41. The highest BCUT2D eigenvalue weighted by molar-refractivity contribution is 9.10. The highest BCUT2D eigenvalue weighted by Crippen LogP contribution is 2.17. The number of imidazole rings is 1. The number of pyridine rings is 1. The van der Waals surface area contributed by atoms with Crippen LogP contribution in [0.5, 0.6) is 0 Å². The van der Waals surface area contributed by atoms with Crippen LogP contribution < -0.4 is 5.32 Å². The van der Waals surface area contributed by atoms with Crippen molar-refractivity contribution >= 4 is 33.5 Å². The van der Waals surface area contributed by atoms with Crippen LogP contribution in [0.25, 0.3) is 5.65 Å². The molecule has 0 bridgehead atoms.